The first kappa shape index (κ1) is 22.0. The third-order valence-corrected chi connectivity index (χ3v) is 2.61. The number of hydrogen-bond donors (Lipinski definition) is 2. The molecule has 0 aromatic carbocycles. The molecule has 0 saturated heterocycles. The fourth-order valence-corrected chi connectivity index (χ4v) is 1.28. The quantitative estimate of drug-likeness (QED) is 0.478. The summed E-state index contributed by atoms with van der Waals surface area (Å²) in [5, 5.41) is 5.35. The van der Waals surface area contributed by atoms with Crippen molar-refractivity contribution >= 4 is 14.9 Å². The van der Waals surface area contributed by atoms with Crippen LogP contribution in [-0.4, -0.2) is 57.4 Å². The topological polar surface area (TPSA) is 59.6 Å². The monoisotopic (exact) mass is 312 g/mol. The summed E-state index contributed by atoms with van der Waals surface area (Å²) in [6.45, 7) is 9.37. The number of nitrogens with one attached hydrogen (secondary N) is 2. The first-order valence-corrected chi connectivity index (χ1v) is 7.51. The zero-order valence-corrected chi connectivity index (χ0v) is 14.4. The molecule has 7 heteroatoms. The van der Waals surface area contributed by atoms with Gasteiger partial charge in [0.1, 0.15) is 6.17 Å². The highest BCUT2D eigenvalue weighted by molar-refractivity contribution is 7.39. The highest BCUT2D eigenvalue weighted by Gasteiger charge is 2.30. The summed E-state index contributed by atoms with van der Waals surface area (Å²) >= 11 is 0. The molecule has 0 saturated carbocycles. The molecule has 0 aliphatic carbocycles. The first-order valence-electron chi connectivity index (χ1n) is 6.94. The van der Waals surface area contributed by atoms with Gasteiger partial charge in [-0.15, -0.1) is 0 Å². The maximum absolute atomic E-state index is 13.8. The van der Waals surface area contributed by atoms with Crippen LogP contribution in [0, 0.1) is 0 Å². The van der Waals surface area contributed by atoms with Crippen molar-refractivity contribution in [3.8, 4) is 0 Å². The van der Waals surface area contributed by atoms with Crippen LogP contribution in [0.3, 0.4) is 0 Å². The van der Waals surface area contributed by atoms with Crippen LogP contribution in [0.15, 0.2) is 0 Å². The van der Waals surface area contributed by atoms with Gasteiger partial charge < -0.3 is 20.1 Å². The van der Waals surface area contributed by atoms with Crippen LogP contribution in [-0.2, 0) is 9.47 Å². The van der Waals surface area contributed by atoms with Crippen LogP contribution >= 0.6 is 9.24 Å². The lowest BCUT2D eigenvalue weighted by molar-refractivity contribution is -0.0858. The number of halogens is 1. The van der Waals surface area contributed by atoms with E-state index in [1.807, 2.05) is 30.1 Å². The first-order chi connectivity index (χ1) is 9.40. The lowest BCUT2D eigenvalue weighted by Gasteiger charge is -2.29. The van der Waals surface area contributed by atoms with Crippen LogP contribution in [0.4, 0.5) is 9.18 Å². The van der Waals surface area contributed by atoms with Gasteiger partial charge in [-0.3, -0.25) is 4.79 Å². The van der Waals surface area contributed by atoms with E-state index in [9.17, 15) is 9.18 Å². The molecule has 0 aliphatic heterocycles. The summed E-state index contributed by atoms with van der Waals surface area (Å²) in [7, 11) is 3.79. The molecule has 0 aromatic rings. The fourth-order valence-electron chi connectivity index (χ4n) is 1.17. The molecule has 5 nitrogen and oxygen atoms in total. The molecule has 2 atom stereocenters. The SMILES string of the molecule is CC.CNCCOCCOC(C)(C)C(F)CNC(=O)P. The van der Waals surface area contributed by atoms with E-state index < -0.39 is 11.8 Å². The molecule has 0 bridgehead atoms. The number of hydrogen-bond acceptors (Lipinski definition) is 4. The molecule has 0 radical (unpaired) electrons. The van der Waals surface area contributed by atoms with Crippen molar-refractivity contribution < 1.29 is 18.7 Å². The second-order valence-electron chi connectivity index (χ2n) is 4.38. The lowest BCUT2D eigenvalue weighted by atomic mass is 10.0. The number of carbonyl (C=O) groups excluding carboxylic acids is 1. The molecule has 0 spiro atoms. The Labute approximate surface area is 124 Å². The Hall–Kier alpha value is -0.290. The number of rotatable bonds is 10. The molecule has 2 unspecified atom stereocenters. The van der Waals surface area contributed by atoms with Crippen LogP contribution < -0.4 is 10.6 Å². The van der Waals surface area contributed by atoms with Crippen molar-refractivity contribution in [3.05, 3.63) is 0 Å². The highest BCUT2D eigenvalue weighted by atomic mass is 31.0. The maximum atomic E-state index is 13.8. The normalized spacial score (nSPS) is 12.3. The minimum absolute atomic E-state index is 0.0596. The summed E-state index contributed by atoms with van der Waals surface area (Å²) < 4.78 is 24.5. The second kappa shape index (κ2) is 13.7. The Kier molecular flexibility index (Phi) is 15.0. The van der Waals surface area contributed by atoms with Gasteiger partial charge in [-0.05, 0) is 30.1 Å². The number of alkyl halides is 1. The Morgan fingerprint density at radius 2 is 1.90 bits per heavy atom. The average Bonchev–Trinajstić information content (AvgIpc) is 2.42. The van der Waals surface area contributed by atoms with E-state index in [1.54, 1.807) is 13.8 Å². The van der Waals surface area contributed by atoms with E-state index in [1.165, 1.54) is 0 Å². The van der Waals surface area contributed by atoms with Gasteiger partial charge in [0.05, 0.1) is 32.0 Å². The summed E-state index contributed by atoms with van der Waals surface area (Å²) in [6, 6.07) is 0. The molecule has 20 heavy (non-hydrogen) atoms. The number of amides is 1. The van der Waals surface area contributed by atoms with Gasteiger partial charge in [0.2, 0.25) is 5.65 Å². The fraction of sp³-hybridized carbons (Fsp3) is 0.923. The smallest absolute Gasteiger partial charge is 0.234 e. The molecular formula is C13H30FN2O3P. The Balaban J connectivity index is 0. The number of likely N-dealkylation sites (N-methyl/N-ethyl adjacent to an activating group) is 1. The molecular weight excluding hydrogens is 282 g/mol. The Bertz CT molecular complexity index is 244. The van der Waals surface area contributed by atoms with Crippen LogP contribution in [0.2, 0.25) is 0 Å². The van der Waals surface area contributed by atoms with E-state index in [-0.39, 0.29) is 12.2 Å². The van der Waals surface area contributed by atoms with E-state index in [2.05, 4.69) is 10.6 Å². The van der Waals surface area contributed by atoms with E-state index >= 15 is 0 Å². The second-order valence-corrected chi connectivity index (χ2v) is 4.90. The zero-order valence-electron chi connectivity index (χ0n) is 13.3. The molecule has 1 amide bonds. The van der Waals surface area contributed by atoms with Crippen LogP contribution in [0.5, 0.6) is 0 Å². The Morgan fingerprint density at radius 3 is 2.40 bits per heavy atom. The van der Waals surface area contributed by atoms with Crippen molar-refractivity contribution in [1.29, 1.82) is 0 Å². The van der Waals surface area contributed by atoms with Crippen LogP contribution in [0.25, 0.3) is 0 Å². The third kappa shape index (κ3) is 12.7. The van der Waals surface area contributed by atoms with Crippen molar-refractivity contribution in [2.24, 2.45) is 0 Å². The standard InChI is InChI=1S/C11H24FN2O3P.C2H6/c1-11(2,9(12)8-14-10(15)18)17-7-6-16-5-4-13-3;1-2/h9,13H,4-8,18H2,1-3H3,(H,14,15);1-2H3. The molecule has 122 valence electrons. The summed E-state index contributed by atoms with van der Waals surface area (Å²) in [5.41, 5.74) is -1.27. The highest BCUT2D eigenvalue weighted by Crippen LogP contribution is 2.17. The van der Waals surface area contributed by atoms with Gasteiger partial charge in [0, 0.05) is 6.54 Å². The van der Waals surface area contributed by atoms with Crippen molar-refractivity contribution in [1.82, 2.24) is 10.6 Å². The number of carbonyl (C=O) groups is 1. The minimum Gasteiger partial charge on any atom is -0.378 e. The summed E-state index contributed by atoms with van der Waals surface area (Å²) in [6.07, 6.45) is -1.26. The minimum atomic E-state index is -1.26. The van der Waals surface area contributed by atoms with Gasteiger partial charge in [0.25, 0.3) is 0 Å². The average molecular weight is 312 g/mol. The van der Waals surface area contributed by atoms with Crippen molar-refractivity contribution in [3.63, 3.8) is 0 Å². The molecule has 2 N–H and O–H groups in total. The number of ether oxygens (including phenoxy) is 2. The molecule has 0 aromatic heterocycles. The van der Waals surface area contributed by atoms with E-state index in [0.717, 1.165) is 6.54 Å². The molecule has 0 fully saturated rings. The lowest BCUT2D eigenvalue weighted by Crippen LogP contribution is -2.43. The third-order valence-electron chi connectivity index (χ3n) is 2.41. The summed E-state index contributed by atoms with van der Waals surface area (Å²) in [5.74, 6) is 0. The van der Waals surface area contributed by atoms with Gasteiger partial charge in [-0.25, -0.2) is 4.39 Å². The molecule has 0 aliphatic rings. The van der Waals surface area contributed by atoms with Crippen LogP contribution in [0.1, 0.15) is 27.7 Å². The van der Waals surface area contributed by atoms with Gasteiger partial charge in [-0.1, -0.05) is 13.8 Å². The van der Waals surface area contributed by atoms with Crippen molar-refractivity contribution in [2.45, 2.75) is 39.5 Å². The largest absolute Gasteiger partial charge is 0.378 e. The molecule has 0 heterocycles. The van der Waals surface area contributed by atoms with E-state index in [0.29, 0.717) is 19.8 Å². The summed E-state index contributed by atoms with van der Waals surface area (Å²) in [4.78, 5) is 10.7. The molecule has 0 rings (SSSR count). The maximum Gasteiger partial charge on any atom is 0.234 e. The van der Waals surface area contributed by atoms with Crippen molar-refractivity contribution in [2.75, 3.05) is 40.0 Å². The van der Waals surface area contributed by atoms with E-state index in [4.69, 9.17) is 9.47 Å². The predicted octanol–water partition coefficient (Wildman–Crippen LogP) is 1.97. The zero-order chi connectivity index (χ0) is 16.0. The van der Waals surface area contributed by atoms with Gasteiger partial charge >= 0.3 is 0 Å². The Morgan fingerprint density at radius 1 is 1.30 bits per heavy atom. The van der Waals surface area contributed by atoms with Gasteiger partial charge in [0.15, 0.2) is 0 Å². The van der Waals surface area contributed by atoms with Gasteiger partial charge in [-0.2, -0.15) is 0 Å². The predicted molar refractivity (Wildman–Crippen MR) is 84.1 cm³/mol.